The number of rotatable bonds is 3. The second-order valence-corrected chi connectivity index (χ2v) is 6.00. The van der Waals surface area contributed by atoms with Crippen LogP contribution in [0.3, 0.4) is 0 Å². The van der Waals surface area contributed by atoms with Gasteiger partial charge < -0.3 is 10.1 Å². The molecule has 3 aliphatic carbocycles. The lowest BCUT2D eigenvalue weighted by Crippen LogP contribution is -2.35. The molecule has 0 radical (unpaired) electrons. The van der Waals surface area contributed by atoms with Crippen molar-refractivity contribution in [2.24, 2.45) is 23.2 Å². The normalized spacial score (nSPS) is 58.3. The van der Waals surface area contributed by atoms with Gasteiger partial charge in [-0.15, -0.1) is 0 Å². The highest BCUT2D eigenvalue weighted by Crippen LogP contribution is 2.57. The zero-order chi connectivity index (χ0) is 9.17. The highest BCUT2D eigenvalue weighted by molar-refractivity contribution is 5.09. The largest absolute Gasteiger partial charge is 0.380 e. The lowest BCUT2D eigenvalue weighted by molar-refractivity contribution is 0.144. The van der Waals surface area contributed by atoms with Crippen LogP contribution in [0.2, 0.25) is 0 Å². The van der Waals surface area contributed by atoms with E-state index in [1.807, 2.05) is 0 Å². The topological polar surface area (TPSA) is 21.3 Å². The molecule has 1 saturated heterocycles. The lowest BCUT2D eigenvalue weighted by Gasteiger charge is -2.18. The Hall–Kier alpha value is -0.0800. The first kappa shape index (κ1) is 8.12. The molecular weight excluding hydrogens is 174 g/mol. The zero-order valence-corrected chi connectivity index (χ0v) is 8.67. The van der Waals surface area contributed by atoms with E-state index in [9.17, 15) is 0 Å². The van der Waals surface area contributed by atoms with E-state index in [-0.39, 0.29) is 0 Å². The van der Waals surface area contributed by atoms with Crippen molar-refractivity contribution in [2.45, 2.75) is 31.7 Å². The van der Waals surface area contributed by atoms with Crippen LogP contribution in [-0.4, -0.2) is 25.8 Å². The summed E-state index contributed by atoms with van der Waals surface area (Å²) >= 11 is 0. The average Bonchev–Trinajstić information content (AvgIpc) is 3.05. The van der Waals surface area contributed by atoms with Crippen LogP contribution in [-0.2, 0) is 4.74 Å². The molecular formula is C12H19NO. The number of fused-ring (bicyclic) bond motifs is 2. The van der Waals surface area contributed by atoms with Gasteiger partial charge in [-0.2, -0.15) is 0 Å². The highest BCUT2D eigenvalue weighted by atomic mass is 16.5. The van der Waals surface area contributed by atoms with Gasteiger partial charge in [0.05, 0.1) is 13.2 Å². The second kappa shape index (κ2) is 2.53. The first-order valence-corrected chi connectivity index (χ1v) is 6.19. The average molecular weight is 193 g/mol. The molecule has 4 rings (SSSR count). The summed E-state index contributed by atoms with van der Waals surface area (Å²) in [5, 5.41) is 3.82. The molecule has 0 amide bonds. The maximum atomic E-state index is 5.52. The summed E-state index contributed by atoms with van der Waals surface area (Å²) in [6.45, 7) is 3.31. The Morgan fingerprint density at radius 1 is 1.36 bits per heavy atom. The van der Waals surface area contributed by atoms with Gasteiger partial charge in [0, 0.05) is 18.0 Å². The number of ether oxygens (including phenoxy) is 1. The summed E-state index contributed by atoms with van der Waals surface area (Å²) in [7, 11) is 0. The van der Waals surface area contributed by atoms with Crippen molar-refractivity contribution in [2.75, 3.05) is 19.8 Å². The number of hydrogen-bond acceptors (Lipinski definition) is 2. The van der Waals surface area contributed by atoms with Crippen LogP contribution in [0.1, 0.15) is 25.7 Å². The third-order valence-corrected chi connectivity index (χ3v) is 5.13. The van der Waals surface area contributed by atoms with E-state index in [0.29, 0.717) is 5.41 Å². The molecule has 3 saturated carbocycles. The fourth-order valence-corrected chi connectivity index (χ4v) is 3.81. The van der Waals surface area contributed by atoms with E-state index in [2.05, 4.69) is 5.32 Å². The van der Waals surface area contributed by atoms with Gasteiger partial charge in [0.1, 0.15) is 0 Å². The summed E-state index contributed by atoms with van der Waals surface area (Å²) in [5.41, 5.74) is 0.590. The maximum Gasteiger partial charge on any atom is 0.0538 e. The summed E-state index contributed by atoms with van der Waals surface area (Å²) in [6, 6.07) is 0.872. The van der Waals surface area contributed by atoms with Gasteiger partial charge in [0.2, 0.25) is 0 Å². The molecule has 4 aliphatic rings. The minimum atomic E-state index is 0.590. The molecule has 1 aliphatic heterocycles. The molecule has 0 aromatic heterocycles. The Bertz CT molecular complexity index is 267. The van der Waals surface area contributed by atoms with E-state index >= 15 is 0 Å². The van der Waals surface area contributed by atoms with Gasteiger partial charge in [-0.3, -0.25) is 0 Å². The van der Waals surface area contributed by atoms with Crippen molar-refractivity contribution < 1.29 is 4.74 Å². The Labute approximate surface area is 85.4 Å². The highest BCUT2D eigenvalue weighted by Gasteiger charge is 2.58. The SMILES string of the molecule is C1CC(NCC23COCC2C3)C2CC12. The Kier molecular flexibility index (Phi) is 1.47. The van der Waals surface area contributed by atoms with E-state index in [4.69, 9.17) is 4.74 Å². The van der Waals surface area contributed by atoms with Crippen LogP contribution in [0.5, 0.6) is 0 Å². The summed E-state index contributed by atoms with van der Waals surface area (Å²) in [4.78, 5) is 0. The molecule has 78 valence electrons. The molecule has 1 heterocycles. The standard InChI is InChI=1S/C12H19NO/c1-2-11(10-3-8(1)10)13-6-12-4-9(12)5-14-7-12/h8-11,13H,1-7H2. The van der Waals surface area contributed by atoms with Crippen molar-refractivity contribution in [3.05, 3.63) is 0 Å². The van der Waals surface area contributed by atoms with Crippen LogP contribution >= 0.6 is 0 Å². The fraction of sp³-hybridized carbons (Fsp3) is 1.00. The van der Waals surface area contributed by atoms with Gasteiger partial charge in [-0.1, -0.05) is 0 Å². The van der Waals surface area contributed by atoms with Crippen molar-refractivity contribution in [1.29, 1.82) is 0 Å². The smallest absolute Gasteiger partial charge is 0.0538 e. The summed E-state index contributed by atoms with van der Waals surface area (Å²) < 4.78 is 5.52. The second-order valence-electron chi connectivity index (χ2n) is 6.00. The quantitative estimate of drug-likeness (QED) is 0.731. The Morgan fingerprint density at radius 3 is 2.93 bits per heavy atom. The van der Waals surface area contributed by atoms with Crippen molar-refractivity contribution in [3.8, 4) is 0 Å². The van der Waals surface area contributed by atoms with Crippen LogP contribution in [0.25, 0.3) is 0 Å². The van der Waals surface area contributed by atoms with Gasteiger partial charge in [-0.25, -0.2) is 0 Å². The van der Waals surface area contributed by atoms with Gasteiger partial charge in [-0.05, 0) is 43.4 Å². The molecule has 4 fully saturated rings. The van der Waals surface area contributed by atoms with E-state index in [1.54, 1.807) is 0 Å². The zero-order valence-electron chi connectivity index (χ0n) is 8.67. The van der Waals surface area contributed by atoms with Crippen LogP contribution in [0.15, 0.2) is 0 Å². The molecule has 14 heavy (non-hydrogen) atoms. The van der Waals surface area contributed by atoms with Crippen LogP contribution < -0.4 is 5.32 Å². The van der Waals surface area contributed by atoms with E-state index in [1.165, 1.54) is 32.2 Å². The predicted molar refractivity (Wildman–Crippen MR) is 54.0 cm³/mol. The molecule has 2 nitrogen and oxygen atoms in total. The van der Waals surface area contributed by atoms with Gasteiger partial charge >= 0.3 is 0 Å². The first-order valence-electron chi connectivity index (χ1n) is 6.19. The Morgan fingerprint density at radius 2 is 2.36 bits per heavy atom. The van der Waals surface area contributed by atoms with Crippen LogP contribution in [0.4, 0.5) is 0 Å². The molecule has 0 bridgehead atoms. The van der Waals surface area contributed by atoms with Crippen molar-refractivity contribution >= 4 is 0 Å². The minimum absolute atomic E-state index is 0.590. The molecule has 0 spiro atoms. The number of hydrogen-bond donors (Lipinski definition) is 1. The predicted octanol–water partition coefficient (Wildman–Crippen LogP) is 1.41. The monoisotopic (exact) mass is 193 g/mol. The summed E-state index contributed by atoms with van der Waals surface area (Å²) in [5.74, 6) is 3.08. The molecule has 0 aromatic rings. The minimum Gasteiger partial charge on any atom is -0.380 e. The van der Waals surface area contributed by atoms with E-state index < -0.39 is 0 Å². The number of nitrogens with one attached hydrogen (secondary N) is 1. The van der Waals surface area contributed by atoms with Crippen molar-refractivity contribution in [3.63, 3.8) is 0 Å². The molecule has 2 heteroatoms. The van der Waals surface area contributed by atoms with Gasteiger partial charge in [0.15, 0.2) is 0 Å². The van der Waals surface area contributed by atoms with Gasteiger partial charge in [0.25, 0.3) is 0 Å². The maximum absolute atomic E-state index is 5.52. The van der Waals surface area contributed by atoms with Crippen molar-refractivity contribution in [1.82, 2.24) is 5.32 Å². The fourth-order valence-electron chi connectivity index (χ4n) is 3.81. The molecule has 0 aromatic carbocycles. The first-order chi connectivity index (χ1) is 6.87. The molecule has 5 unspecified atom stereocenters. The third kappa shape index (κ3) is 1.04. The molecule has 1 N–H and O–H groups in total. The van der Waals surface area contributed by atoms with Crippen LogP contribution in [0, 0.1) is 23.2 Å². The summed E-state index contributed by atoms with van der Waals surface area (Å²) in [6.07, 6.45) is 5.89. The van der Waals surface area contributed by atoms with E-state index in [0.717, 1.165) is 37.0 Å². The lowest BCUT2D eigenvalue weighted by atomic mass is 10.1. The Balaban J connectivity index is 1.34. The molecule has 5 atom stereocenters. The third-order valence-electron chi connectivity index (χ3n) is 5.13.